The van der Waals surface area contributed by atoms with Crippen LogP contribution in [0.3, 0.4) is 0 Å². The first kappa shape index (κ1) is 26.3. The Morgan fingerprint density at radius 1 is 0.694 bits per heavy atom. The van der Waals surface area contributed by atoms with Gasteiger partial charge in [0.1, 0.15) is 17.2 Å². The molecule has 0 saturated heterocycles. The van der Waals surface area contributed by atoms with E-state index in [0.717, 1.165) is 12.2 Å². The minimum atomic E-state index is -0.528. The van der Waals surface area contributed by atoms with Crippen molar-refractivity contribution < 1.29 is 28.6 Å². The number of esters is 1. The molecule has 8 nitrogen and oxygen atoms in total. The van der Waals surface area contributed by atoms with E-state index < -0.39 is 11.9 Å². The fourth-order valence-electron chi connectivity index (χ4n) is 3.24. The van der Waals surface area contributed by atoms with E-state index in [2.05, 4.69) is 17.6 Å². The van der Waals surface area contributed by atoms with Crippen LogP contribution >= 0.6 is 0 Å². The molecule has 188 valence electrons. The Hall–Kier alpha value is -4.33. The Kier molecular flexibility index (Phi) is 9.88. The lowest BCUT2D eigenvalue weighted by Gasteiger charge is -2.09. The van der Waals surface area contributed by atoms with Crippen LogP contribution in [-0.2, 0) is 25.5 Å². The van der Waals surface area contributed by atoms with Crippen molar-refractivity contribution in [1.29, 1.82) is 0 Å². The molecule has 0 bridgehead atoms. The van der Waals surface area contributed by atoms with Gasteiger partial charge in [-0.05, 0) is 79.1 Å². The van der Waals surface area contributed by atoms with Crippen LogP contribution in [0.4, 0.5) is 11.4 Å². The Balaban J connectivity index is 1.32. The van der Waals surface area contributed by atoms with Gasteiger partial charge in [0.2, 0.25) is 5.91 Å². The highest BCUT2D eigenvalue weighted by molar-refractivity contribution is 5.93. The predicted octanol–water partition coefficient (Wildman–Crippen LogP) is 5.34. The van der Waals surface area contributed by atoms with Gasteiger partial charge < -0.3 is 24.8 Å². The number of nitrogens with one attached hydrogen (secondary N) is 2. The molecule has 0 aliphatic carbocycles. The van der Waals surface area contributed by atoms with Crippen LogP contribution in [0.5, 0.6) is 17.2 Å². The zero-order valence-corrected chi connectivity index (χ0v) is 20.4. The summed E-state index contributed by atoms with van der Waals surface area (Å²) in [7, 11) is 1.60. The highest BCUT2D eigenvalue weighted by Gasteiger charge is 2.10. The third kappa shape index (κ3) is 8.79. The Bertz CT molecular complexity index is 1140. The zero-order chi connectivity index (χ0) is 25.8. The molecule has 3 rings (SSSR count). The van der Waals surface area contributed by atoms with Crippen LogP contribution in [0.2, 0.25) is 0 Å². The molecular formula is C28H30N2O6. The number of carbonyl (C=O) groups is 3. The average Bonchev–Trinajstić information content (AvgIpc) is 2.89. The minimum absolute atomic E-state index is 0.0422. The second-order valence-electron chi connectivity index (χ2n) is 7.96. The first-order chi connectivity index (χ1) is 17.4. The fraction of sp³-hybridized carbons (Fsp3) is 0.250. The van der Waals surface area contributed by atoms with Crippen molar-refractivity contribution in [3.8, 4) is 17.2 Å². The third-order valence-corrected chi connectivity index (χ3v) is 5.23. The maximum Gasteiger partial charge on any atom is 0.306 e. The highest BCUT2D eigenvalue weighted by Crippen LogP contribution is 2.25. The van der Waals surface area contributed by atoms with Gasteiger partial charge in [-0.25, -0.2) is 0 Å². The fourth-order valence-corrected chi connectivity index (χ4v) is 3.24. The lowest BCUT2D eigenvalue weighted by molar-refractivity contribution is -0.147. The third-order valence-electron chi connectivity index (χ3n) is 5.23. The van der Waals surface area contributed by atoms with E-state index in [1.807, 2.05) is 12.1 Å². The molecular weight excluding hydrogens is 460 g/mol. The first-order valence-corrected chi connectivity index (χ1v) is 11.7. The predicted molar refractivity (Wildman–Crippen MR) is 137 cm³/mol. The summed E-state index contributed by atoms with van der Waals surface area (Å²) in [4.78, 5) is 36.0. The second-order valence-corrected chi connectivity index (χ2v) is 7.96. The van der Waals surface area contributed by atoms with Crippen molar-refractivity contribution in [2.45, 2.75) is 32.6 Å². The molecule has 0 unspecified atom stereocenters. The number of hydrogen-bond acceptors (Lipinski definition) is 6. The topological polar surface area (TPSA) is 103 Å². The van der Waals surface area contributed by atoms with Crippen LogP contribution in [-0.4, -0.2) is 31.5 Å². The van der Waals surface area contributed by atoms with Crippen molar-refractivity contribution in [1.82, 2.24) is 0 Å². The van der Waals surface area contributed by atoms with Crippen molar-refractivity contribution in [2.75, 3.05) is 24.4 Å². The zero-order valence-electron chi connectivity index (χ0n) is 20.4. The van der Waals surface area contributed by atoms with Gasteiger partial charge in [0.25, 0.3) is 5.91 Å². The number of anilines is 2. The summed E-state index contributed by atoms with van der Waals surface area (Å²) < 4.78 is 15.9. The molecule has 0 atom stereocenters. The van der Waals surface area contributed by atoms with Crippen molar-refractivity contribution >= 4 is 29.2 Å². The molecule has 0 radical (unpaired) electrons. The van der Waals surface area contributed by atoms with Crippen molar-refractivity contribution in [2.24, 2.45) is 0 Å². The smallest absolute Gasteiger partial charge is 0.306 e. The number of amides is 2. The number of ether oxygens (including phenoxy) is 3. The molecule has 0 aliphatic rings. The Morgan fingerprint density at radius 3 is 1.81 bits per heavy atom. The van der Waals surface area contributed by atoms with Gasteiger partial charge in [0.15, 0.2) is 6.61 Å². The average molecular weight is 491 g/mol. The molecule has 0 aliphatic heterocycles. The molecule has 0 aromatic heterocycles. The van der Waals surface area contributed by atoms with Crippen molar-refractivity contribution in [3.63, 3.8) is 0 Å². The van der Waals surface area contributed by atoms with E-state index in [4.69, 9.17) is 14.2 Å². The Labute approximate surface area is 210 Å². The number of aryl methyl sites for hydroxylation is 1. The molecule has 0 saturated carbocycles. The minimum Gasteiger partial charge on any atom is -0.497 e. The van der Waals surface area contributed by atoms with Crippen LogP contribution < -0.4 is 20.1 Å². The molecule has 3 aromatic carbocycles. The van der Waals surface area contributed by atoms with E-state index in [9.17, 15) is 14.4 Å². The number of rotatable bonds is 12. The summed E-state index contributed by atoms with van der Waals surface area (Å²) >= 11 is 0. The van der Waals surface area contributed by atoms with Crippen LogP contribution in [0.25, 0.3) is 0 Å². The van der Waals surface area contributed by atoms with Gasteiger partial charge in [-0.3, -0.25) is 14.4 Å². The van der Waals surface area contributed by atoms with Gasteiger partial charge >= 0.3 is 5.97 Å². The van der Waals surface area contributed by atoms with Gasteiger partial charge in [-0.2, -0.15) is 0 Å². The maximum absolute atomic E-state index is 12.2. The largest absolute Gasteiger partial charge is 0.497 e. The molecule has 8 heteroatoms. The number of benzene rings is 3. The van der Waals surface area contributed by atoms with Crippen LogP contribution in [0.15, 0.2) is 72.8 Å². The summed E-state index contributed by atoms with van der Waals surface area (Å²) in [6.45, 7) is 1.68. The quantitative estimate of drug-likeness (QED) is 0.332. The number of hydrogen-bond donors (Lipinski definition) is 2. The summed E-state index contributed by atoms with van der Waals surface area (Å²) in [5, 5.41) is 5.46. The molecule has 3 aromatic rings. The summed E-state index contributed by atoms with van der Waals surface area (Å²) in [6, 6.07) is 21.7. The Morgan fingerprint density at radius 2 is 1.22 bits per heavy atom. The van der Waals surface area contributed by atoms with E-state index in [1.165, 1.54) is 5.56 Å². The SMILES string of the molecule is CCc1ccc(NC(=O)COC(=O)CCCC(=O)Nc2ccc(Oc3ccc(OC)cc3)cc2)cc1. The molecule has 0 heterocycles. The van der Waals surface area contributed by atoms with Gasteiger partial charge in [-0.15, -0.1) is 0 Å². The number of methoxy groups -OCH3 is 1. The lowest BCUT2D eigenvalue weighted by Crippen LogP contribution is -2.21. The molecule has 0 spiro atoms. The summed E-state index contributed by atoms with van der Waals surface area (Å²) in [5.74, 6) is 0.877. The summed E-state index contributed by atoms with van der Waals surface area (Å²) in [5.41, 5.74) is 2.43. The van der Waals surface area contributed by atoms with Gasteiger partial charge in [0, 0.05) is 24.2 Å². The highest BCUT2D eigenvalue weighted by atomic mass is 16.5. The lowest BCUT2D eigenvalue weighted by atomic mass is 10.1. The van der Waals surface area contributed by atoms with Crippen LogP contribution in [0.1, 0.15) is 31.7 Å². The molecule has 2 amide bonds. The second kappa shape index (κ2) is 13.5. The normalized spacial score (nSPS) is 10.3. The standard InChI is InChI=1S/C28H30N2O6/c1-3-20-7-9-21(10-8-20)30-27(32)19-35-28(33)6-4-5-26(31)29-22-11-13-24(14-12-22)36-25-17-15-23(34-2)16-18-25/h7-18H,3-6,19H2,1-2H3,(H,29,31)(H,30,32). The van der Waals surface area contributed by atoms with Crippen molar-refractivity contribution in [3.05, 3.63) is 78.4 Å². The molecule has 2 N–H and O–H groups in total. The van der Waals surface area contributed by atoms with Crippen LogP contribution in [0, 0.1) is 0 Å². The summed E-state index contributed by atoms with van der Waals surface area (Å²) in [6.07, 6.45) is 1.41. The monoisotopic (exact) mass is 490 g/mol. The van der Waals surface area contributed by atoms with Gasteiger partial charge in [-0.1, -0.05) is 19.1 Å². The number of carbonyl (C=O) groups excluding carboxylic acids is 3. The van der Waals surface area contributed by atoms with E-state index in [1.54, 1.807) is 67.8 Å². The van der Waals surface area contributed by atoms with E-state index >= 15 is 0 Å². The maximum atomic E-state index is 12.2. The van der Waals surface area contributed by atoms with E-state index in [-0.39, 0.29) is 25.4 Å². The van der Waals surface area contributed by atoms with E-state index in [0.29, 0.717) is 29.3 Å². The molecule has 0 fully saturated rings. The first-order valence-electron chi connectivity index (χ1n) is 11.7. The van der Waals surface area contributed by atoms with Gasteiger partial charge in [0.05, 0.1) is 7.11 Å². The molecule has 36 heavy (non-hydrogen) atoms.